The fourth-order valence-electron chi connectivity index (χ4n) is 3.23. The van der Waals surface area contributed by atoms with Gasteiger partial charge < -0.3 is 33.5 Å². The molecule has 8 heteroatoms. The summed E-state index contributed by atoms with van der Waals surface area (Å²) in [6.45, 7) is 1.07. The molecule has 0 spiro atoms. The van der Waals surface area contributed by atoms with E-state index in [2.05, 4.69) is 33.3 Å². The monoisotopic (exact) mass is 570 g/mol. The molecule has 0 aliphatic carbocycles. The van der Waals surface area contributed by atoms with Crippen LogP contribution in [-0.2, 0) is 16.0 Å². The number of hydrogen-bond donors (Lipinski definition) is 0. The van der Waals surface area contributed by atoms with Crippen molar-refractivity contribution in [1.82, 2.24) is 4.48 Å². The number of unbranched alkanes of at least 4 members (excludes halogenated alkanes) is 5. The van der Waals surface area contributed by atoms with Crippen LogP contribution in [-0.4, -0.2) is 45.2 Å². The largest absolute Gasteiger partial charge is 1.00 e. The Labute approximate surface area is 213 Å². The highest BCUT2D eigenvalue weighted by Gasteiger charge is 2.12. The molecule has 7 nitrogen and oxygen atoms in total. The molecule has 0 amide bonds. The number of carbonyl (C=O) groups is 1. The van der Waals surface area contributed by atoms with Gasteiger partial charge >= 0.3 is 5.97 Å². The Morgan fingerprint density at radius 3 is 1.94 bits per heavy atom. The van der Waals surface area contributed by atoms with Gasteiger partial charge in [-0.3, -0.25) is 19.4 Å². The Balaban J connectivity index is 0.00000544. The van der Waals surface area contributed by atoms with Crippen molar-refractivity contribution in [3.8, 4) is 5.75 Å². The highest BCUT2D eigenvalue weighted by atomic mass is 127. The van der Waals surface area contributed by atoms with Crippen LogP contribution in [0.1, 0.15) is 44.1 Å². The fourth-order valence-corrected chi connectivity index (χ4v) is 3.23. The van der Waals surface area contributed by atoms with Crippen LogP contribution in [0.15, 0.2) is 48.5 Å². The zero-order chi connectivity index (χ0) is 23.4. The van der Waals surface area contributed by atoms with Crippen LogP contribution in [0.5, 0.6) is 5.75 Å². The van der Waals surface area contributed by atoms with Crippen LogP contribution in [0.2, 0.25) is 0 Å². The van der Waals surface area contributed by atoms with E-state index in [1.165, 1.54) is 17.8 Å². The lowest BCUT2D eigenvalue weighted by Crippen LogP contribution is -3.00. The van der Waals surface area contributed by atoms with E-state index in [1.807, 2.05) is 12.1 Å². The standard InChI is InChI=1S/C25H35N2O5.HI/c1-27(2,3)23-14-10-21(11-15-23)20-25(28)32-19-9-7-5-4-6-8-18-31-24-16-12-22(13-17-24)26(29)30;/h10-17H,4-9,18-20H2,1-3H3;1H/q+1;/p-1. The van der Waals surface area contributed by atoms with Crippen LogP contribution >= 0.6 is 0 Å². The third-order valence-electron chi connectivity index (χ3n) is 5.18. The van der Waals surface area contributed by atoms with E-state index in [9.17, 15) is 14.9 Å². The number of hydrogen-bond acceptors (Lipinski definition) is 5. The van der Waals surface area contributed by atoms with Crippen LogP contribution < -0.4 is 33.2 Å². The number of quaternary nitrogens is 1. The molecular weight excluding hydrogens is 535 g/mol. The number of esters is 1. The predicted molar refractivity (Wildman–Crippen MR) is 127 cm³/mol. The maximum atomic E-state index is 12.0. The van der Waals surface area contributed by atoms with Crippen molar-refractivity contribution in [1.29, 1.82) is 0 Å². The maximum absolute atomic E-state index is 12.0. The van der Waals surface area contributed by atoms with E-state index in [0.29, 0.717) is 25.4 Å². The van der Waals surface area contributed by atoms with Crippen molar-refractivity contribution in [2.45, 2.75) is 44.9 Å². The third kappa shape index (κ3) is 11.5. The predicted octanol–water partition coefficient (Wildman–Crippen LogP) is 2.30. The van der Waals surface area contributed by atoms with Gasteiger partial charge in [-0.25, -0.2) is 0 Å². The first-order chi connectivity index (χ1) is 15.3. The number of non-ortho nitro benzene ring substituents is 1. The Morgan fingerprint density at radius 2 is 1.39 bits per heavy atom. The molecule has 0 aliphatic heterocycles. The first kappa shape index (κ1) is 28.8. The smallest absolute Gasteiger partial charge is 0.310 e. The van der Waals surface area contributed by atoms with Crippen molar-refractivity contribution in [3.63, 3.8) is 0 Å². The molecule has 0 heterocycles. The van der Waals surface area contributed by atoms with Gasteiger partial charge in [0.25, 0.3) is 5.69 Å². The molecule has 182 valence electrons. The molecule has 2 rings (SSSR count). The minimum absolute atomic E-state index is 0. The number of benzene rings is 2. The van der Waals surface area contributed by atoms with E-state index in [0.717, 1.165) is 48.6 Å². The Bertz CT molecular complexity index is 849. The Hall–Kier alpha value is -2.20. The normalized spacial score (nSPS) is 10.9. The molecular formula is C25H35IN2O5. The third-order valence-corrected chi connectivity index (χ3v) is 5.18. The van der Waals surface area contributed by atoms with Crippen molar-refractivity contribution in [3.05, 3.63) is 64.2 Å². The van der Waals surface area contributed by atoms with E-state index >= 15 is 0 Å². The van der Waals surface area contributed by atoms with Gasteiger partial charge in [-0.05, 0) is 42.7 Å². The summed E-state index contributed by atoms with van der Waals surface area (Å²) in [5, 5.41) is 10.6. The summed E-state index contributed by atoms with van der Waals surface area (Å²) in [7, 11) is 6.33. The highest BCUT2D eigenvalue weighted by Crippen LogP contribution is 2.19. The van der Waals surface area contributed by atoms with Crippen LogP contribution in [0.25, 0.3) is 0 Å². The van der Waals surface area contributed by atoms with Crippen LogP contribution in [0.3, 0.4) is 0 Å². The summed E-state index contributed by atoms with van der Waals surface area (Å²) in [4.78, 5) is 22.2. The molecule has 0 N–H and O–H groups in total. The van der Waals surface area contributed by atoms with Crippen LogP contribution in [0.4, 0.5) is 11.4 Å². The molecule has 2 aromatic carbocycles. The lowest BCUT2D eigenvalue weighted by molar-refractivity contribution is -0.384. The summed E-state index contributed by atoms with van der Waals surface area (Å²) >= 11 is 0. The van der Waals surface area contributed by atoms with E-state index in [1.54, 1.807) is 12.1 Å². The van der Waals surface area contributed by atoms with Crippen molar-refractivity contribution in [2.24, 2.45) is 0 Å². The molecule has 0 unspecified atom stereocenters. The average molecular weight is 570 g/mol. The van der Waals surface area contributed by atoms with E-state index in [4.69, 9.17) is 9.47 Å². The summed E-state index contributed by atoms with van der Waals surface area (Å²) in [6, 6.07) is 14.2. The molecule has 0 fully saturated rings. The average Bonchev–Trinajstić information content (AvgIpc) is 2.75. The lowest BCUT2D eigenvalue weighted by Gasteiger charge is -2.23. The van der Waals surface area contributed by atoms with Gasteiger partial charge in [0, 0.05) is 12.1 Å². The molecule has 0 saturated carbocycles. The molecule has 33 heavy (non-hydrogen) atoms. The second-order valence-electron chi connectivity index (χ2n) is 8.80. The molecule has 0 aliphatic rings. The van der Waals surface area contributed by atoms with Crippen molar-refractivity contribution >= 4 is 17.3 Å². The van der Waals surface area contributed by atoms with Crippen molar-refractivity contribution < 1.29 is 43.2 Å². The second kappa shape index (κ2) is 14.8. The van der Waals surface area contributed by atoms with Gasteiger partial charge in [-0.15, -0.1) is 0 Å². The van der Waals surface area contributed by atoms with E-state index < -0.39 is 4.92 Å². The number of rotatable bonds is 14. The van der Waals surface area contributed by atoms with Gasteiger partial charge in [0.2, 0.25) is 0 Å². The molecule has 0 saturated heterocycles. The maximum Gasteiger partial charge on any atom is 0.310 e. The van der Waals surface area contributed by atoms with Gasteiger partial charge in [0.1, 0.15) is 11.4 Å². The summed E-state index contributed by atoms with van der Waals surface area (Å²) < 4.78 is 11.7. The molecule has 2 aromatic rings. The minimum Gasteiger partial charge on any atom is -1.00 e. The van der Waals surface area contributed by atoms with Crippen LogP contribution in [0, 0.1) is 10.1 Å². The van der Waals surface area contributed by atoms with Gasteiger partial charge in [0.05, 0.1) is 45.7 Å². The molecule has 0 radical (unpaired) electrons. The first-order valence-corrected chi connectivity index (χ1v) is 11.2. The summed E-state index contributed by atoms with van der Waals surface area (Å²) in [6.07, 6.45) is 6.44. The zero-order valence-electron chi connectivity index (χ0n) is 19.8. The minimum atomic E-state index is -0.421. The number of carbonyl (C=O) groups excluding carboxylic acids is 1. The van der Waals surface area contributed by atoms with Gasteiger partial charge in [-0.1, -0.05) is 37.8 Å². The Kier molecular flexibility index (Phi) is 13.0. The summed E-state index contributed by atoms with van der Waals surface area (Å²) in [5.74, 6) is 0.480. The van der Waals surface area contributed by atoms with E-state index in [-0.39, 0.29) is 35.6 Å². The second-order valence-corrected chi connectivity index (χ2v) is 8.80. The number of ether oxygens (including phenoxy) is 2. The van der Waals surface area contributed by atoms with Gasteiger partial charge in [0.15, 0.2) is 0 Å². The lowest BCUT2D eigenvalue weighted by atomic mass is 10.1. The zero-order valence-corrected chi connectivity index (χ0v) is 22.0. The molecule has 0 aromatic heterocycles. The van der Waals surface area contributed by atoms with Gasteiger partial charge in [-0.2, -0.15) is 0 Å². The number of nitrogens with zero attached hydrogens (tertiary/aromatic N) is 2. The number of nitro groups is 1. The topological polar surface area (TPSA) is 78.7 Å². The first-order valence-electron chi connectivity index (χ1n) is 11.2. The van der Waals surface area contributed by atoms with Crippen molar-refractivity contribution in [2.75, 3.05) is 34.4 Å². The SMILES string of the molecule is C[N+](C)(C)c1ccc(CC(=O)OCCCCCCCCOc2ccc([N+](=O)[O-])cc2)cc1.[I-]. The Morgan fingerprint density at radius 1 is 0.848 bits per heavy atom. The highest BCUT2D eigenvalue weighted by molar-refractivity contribution is 5.72. The fraction of sp³-hybridized carbons (Fsp3) is 0.480. The number of nitro benzene ring substituents is 1. The summed E-state index contributed by atoms with van der Waals surface area (Å²) in [5.41, 5.74) is 2.24. The number of halogens is 1. The molecule has 0 bridgehead atoms. The molecule has 0 atom stereocenters. The quantitative estimate of drug-likeness (QED) is 0.0871.